The van der Waals surface area contributed by atoms with Crippen molar-refractivity contribution in [2.24, 2.45) is 0 Å². The number of nitrogens with one attached hydrogen (secondary N) is 2. The Labute approximate surface area is 142 Å². The molecule has 1 aromatic heterocycles. The maximum Gasteiger partial charge on any atom is 0.269 e. The number of hydrogen-bond donors (Lipinski definition) is 2. The molecule has 0 radical (unpaired) electrons. The van der Waals surface area contributed by atoms with E-state index in [0.29, 0.717) is 17.1 Å². The lowest BCUT2D eigenvalue weighted by Crippen LogP contribution is -2.38. The van der Waals surface area contributed by atoms with Crippen molar-refractivity contribution < 1.29 is 14.1 Å². The standard InChI is InChI=1S/C18H13N3O4/c22-18-13-3-1-2-4-14(13)19-17(20-18)16-10-9-15(25-16)11-5-7-12(8-6-11)21(23)24/h1-10,17,19H,(H,20,22)/t17-/m0/s1. The molecular weight excluding hydrogens is 322 g/mol. The molecule has 0 bridgehead atoms. The second-order valence-electron chi connectivity index (χ2n) is 5.60. The molecule has 0 spiro atoms. The van der Waals surface area contributed by atoms with Crippen LogP contribution >= 0.6 is 0 Å². The zero-order valence-electron chi connectivity index (χ0n) is 12.9. The Hall–Kier alpha value is -3.61. The summed E-state index contributed by atoms with van der Waals surface area (Å²) < 4.78 is 5.83. The van der Waals surface area contributed by atoms with E-state index >= 15 is 0 Å². The Morgan fingerprint density at radius 1 is 0.960 bits per heavy atom. The van der Waals surface area contributed by atoms with Crippen molar-refractivity contribution in [2.75, 3.05) is 5.32 Å². The van der Waals surface area contributed by atoms with Crippen LogP contribution in [-0.2, 0) is 0 Å². The second kappa shape index (κ2) is 5.79. The van der Waals surface area contributed by atoms with Crippen LogP contribution < -0.4 is 10.6 Å². The van der Waals surface area contributed by atoms with E-state index in [-0.39, 0.29) is 11.6 Å². The summed E-state index contributed by atoms with van der Waals surface area (Å²) in [5, 5.41) is 16.8. The summed E-state index contributed by atoms with van der Waals surface area (Å²) in [6, 6.07) is 16.9. The molecule has 2 aromatic carbocycles. The number of amides is 1. The minimum Gasteiger partial charge on any atom is -0.457 e. The van der Waals surface area contributed by atoms with Gasteiger partial charge in [0.25, 0.3) is 11.6 Å². The lowest BCUT2D eigenvalue weighted by molar-refractivity contribution is -0.384. The van der Waals surface area contributed by atoms with Gasteiger partial charge in [0, 0.05) is 23.4 Å². The number of nitrogens with zero attached hydrogens (tertiary/aromatic N) is 1. The number of furan rings is 1. The number of fused-ring (bicyclic) bond motifs is 1. The highest BCUT2D eigenvalue weighted by Gasteiger charge is 2.26. The van der Waals surface area contributed by atoms with Gasteiger partial charge in [0.05, 0.1) is 10.5 Å². The number of carbonyl (C=O) groups is 1. The largest absolute Gasteiger partial charge is 0.457 e. The minimum atomic E-state index is -0.478. The van der Waals surface area contributed by atoms with Crippen molar-refractivity contribution in [3.63, 3.8) is 0 Å². The summed E-state index contributed by atoms with van der Waals surface area (Å²) in [6.07, 6.45) is -0.478. The maximum absolute atomic E-state index is 12.2. The third-order valence-corrected chi connectivity index (χ3v) is 4.02. The van der Waals surface area contributed by atoms with Gasteiger partial charge >= 0.3 is 0 Å². The number of anilines is 1. The topological polar surface area (TPSA) is 97.4 Å². The number of para-hydroxylation sites is 1. The number of carbonyl (C=O) groups excluding carboxylic acids is 1. The van der Waals surface area contributed by atoms with Crippen molar-refractivity contribution in [1.29, 1.82) is 0 Å². The van der Waals surface area contributed by atoms with Crippen molar-refractivity contribution in [1.82, 2.24) is 5.32 Å². The van der Waals surface area contributed by atoms with Crippen molar-refractivity contribution in [3.05, 3.63) is 82.1 Å². The molecule has 124 valence electrons. The SMILES string of the molecule is O=C1N[C@@H](c2ccc(-c3ccc([N+](=O)[O-])cc3)o2)Nc2ccccc21. The van der Waals surface area contributed by atoms with E-state index in [1.807, 2.05) is 12.1 Å². The number of nitro groups is 1. The van der Waals surface area contributed by atoms with Crippen LogP contribution in [0.25, 0.3) is 11.3 Å². The number of rotatable bonds is 3. The molecule has 1 atom stereocenters. The molecule has 0 saturated carbocycles. The zero-order valence-corrected chi connectivity index (χ0v) is 12.9. The highest BCUT2D eigenvalue weighted by Crippen LogP contribution is 2.30. The van der Waals surface area contributed by atoms with Crippen LogP contribution in [0.15, 0.2) is 65.1 Å². The van der Waals surface area contributed by atoms with Gasteiger partial charge in [0.2, 0.25) is 0 Å². The summed E-state index contributed by atoms with van der Waals surface area (Å²) in [4.78, 5) is 22.5. The molecule has 0 aliphatic carbocycles. The van der Waals surface area contributed by atoms with Gasteiger partial charge in [-0.15, -0.1) is 0 Å². The van der Waals surface area contributed by atoms with E-state index in [1.165, 1.54) is 12.1 Å². The number of nitro benzene ring substituents is 1. The summed E-state index contributed by atoms with van der Waals surface area (Å²) in [7, 11) is 0. The van der Waals surface area contributed by atoms with E-state index in [2.05, 4.69) is 10.6 Å². The molecule has 0 fully saturated rings. The molecule has 3 aromatic rings. The number of non-ortho nitro benzene ring substituents is 1. The Kier molecular flexibility index (Phi) is 3.46. The maximum atomic E-state index is 12.2. The second-order valence-corrected chi connectivity index (χ2v) is 5.60. The Bertz CT molecular complexity index is 962. The molecule has 0 saturated heterocycles. The van der Waals surface area contributed by atoms with E-state index < -0.39 is 11.1 Å². The van der Waals surface area contributed by atoms with Crippen molar-refractivity contribution in [2.45, 2.75) is 6.17 Å². The minimum absolute atomic E-state index is 0.0216. The predicted molar refractivity (Wildman–Crippen MR) is 91.1 cm³/mol. The van der Waals surface area contributed by atoms with Gasteiger partial charge in [-0.05, 0) is 36.4 Å². The summed E-state index contributed by atoms with van der Waals surface area (Å²) in [6.45, 7) is 0. The van der Waals surface area contributed by atoms with E-state index in [9.17, 15) is 14.9 Å². The molecule has 0 unspecified atom stereocenters. The van der Waals surface area contributed by atoms with Crippen molar-refractivity contribution >= 4 is 17.3 Å². The van der Waals surface area contributed by atoms with Gasteiger partial charge in [-0.2, -0.15) is 0 Å². The lowest BCUT2D eigenvalue weighted by atomic mass is 10.1. The highest BCUT2D eigenvalue weighted by molar-refractivity contribution is 6.01. The molecule has 1 aliphatic rings. The fraction of sp³-hybridized carbons (Fsp3) is 0.0556. The van der Waals surface area contributed by atoms with Crippen LogP contribution in [0, 0.1) is 10.1 Å². The smallest absolute Gasteiger partial charge is 0.269 e. The summed E-state index contributed by atoms with van der Waals surface area (Å²) >= 11 is 0. The van der Waals surface area contributed by atoms with Gasteiger partial charge in [-0.1, -0.05) is 12.1 Å². The molecule has 7 nitrogen and oxygen atoms in total. The van der Waals surface area contributed by atoms with Crippen LogP contribution in [-0.4, -0.2) is 10.8 Å². The van der Waals surface area contributed by atoms with Crippen LogP contribution in [0.5, 0.6) is 0 Å². The van der Waals surface area contributed by atoms with Gasteiger partial charge in [0.1, 0.15) is 11.5 Å². The van der Waals surface area contributed by atoms with E-state index in [4.69, 9.17) is 4.42 Å². The van der Waals surface area contributed by atoms with E-state index in [0.717, 1.165) is 11.3 Å². The lowest BCUT2D eigenvalue weighted by Gasteiger charge is -2.26. The molecule has 1 amide bonds. The van der Waals surface area contributed by atoms with Crippen LogP contribution in [0.4, 0.5) is 11.4 Å². The van der Waals surface area contributed by atoms with Crippen LogP contribution in [0.3, 0.4) is 0 Å². The molecule has 7 heteroatoms. The normalized spacial score (nSPS) is 15.8. The quantitative estimate of drug-likeness (QED) is 0.562. The van der Waals surface area contributed by atoms with Crippen molar-refractivity contribution in [3.8, 4) is 11.3 Å². The van der Waals surface area contributed by atoms with Gasteiger partial charge in [-0.25, -0.2) is 0 Å². The van der Waals surface area contributed by atoms with Crippen LogP contribution in [0.2, 0.25) is 0 Å². The fourth-order valence-corrected chi connectivity index (χ4v) is 2.76. The Morgan fingerprint density at radius 2 is 1.72 bits per heavy atom. The van der Waals surface area contributed by atoms with Gasteiger partial charge < -0.3 is 15.1 Å². The zero-order chi connectivity index (χ0) is 17.4. The molecule has 2 N–H and O–H groups in total. The monoisotopic (exact) mass is 335 g/mol. The predicted octanol–water partition coefficient (Wildman–Crippen LogP) is 3.71. The van der Waals surface area contributed by atoms with E-state index in [1.54, 1.807) is 36.4 Å². The van der Waals surface area contributed by atoms with Gasteiger partial charge in [-0.3, -0.25) is 14.9 Å². The first-order valence-corrected chi connectivity index (χ1v) is 7.63. The third kappa shape index (κ3) is 2.72. The molecule has 4 rings (SSSR count). The first-order chi connectivity index (χ1) is 12.1. The number of hydrogen-bond acceptors (Lipinski definition) is 5. The summed E-state index contributed by atoms with van der Waals surface area (Å²) in [5.41, 5.74) is 2.07. The van der Waals surface area contributed by atoms with Gasteiger partial charge in [0.15, 0.2) is 6.17 Å². The third-order valence-electron chi connectivity index (χ3n) is 4.02. The average Bonchev–Trinajstić information content (AvgIpc) is 3.12. The fourth-order valence-electron chi connectivity index (χ4n) is 2.76. The summed E-state index contributed by atoms with van der Waals surface area (Å²) in [5.74, 6) is 0.948. The Morgan fingerprint density at radius 3 is 2.48 bits per heavy atom. The molecule has 1 aliphatic heterocycles. The Balaban J connectivity index is 1.60. The molecular formula is C18H13N3O4. The van der Waals surface area contributed by atoms with Crippen LogP contribution in [0.1, 0.15) is 22.3 Å². The first kappa shape index (κ1) is 14.9. The highest BCUT2D eigenvalue weighted by atomic mass is 16.6. The first-order valence-electron chi connectivity index (χ1n) is 7.63. The average molecular weight is 335 g/mol. The molecule has 25 heavy (non-hydrogen) atoms. The molecule has 2 heterocycles. The number of benzene rings is 2.